The average Bonchev–Trinajstić information content (AvgIpc) is 2.34. The molecule has 1 rings (SSSR count). The van der Waals surface area contributed by atoms with Gasteiger partial charge in [-0.1, -0.05) is 62.0 Å². The van der Waals surface area contributed by atoms with Gasteiger partial charge in [0.15, 0.2) is 5.12 Å². The number of allylic oxidation sites excluding steroid dienone is 1. The van der Waals surface area contributed by atoms with Gasteiger partial charge in [0.1, 0.15) is 0 Å². The minimum Gasteiger partial charge on any atom is -0.287 e. The van der Waals surface area contributed by atoms with Crippen LogP contribution in [-0.4, -0.2) is 5.12 Å². The summed E-state index contributed by atoms with van der Waals surface area (Å²) in [6, 6.07) is 10.1. The van der Waals surface area contributed by atoms with E-state index in [-0.39, 0.29) is 11.0 Å². The Morgan fingerprint density at radius 2 is 2.00 bits per heavy atom. The maximum absolute atomic E-state index is 12.1. The number of benzene rings is 1. The lowest BCUT2D eigenvalue weighted by molar-refractivity contribution is -0.115. The van der Waals surface area contributed by atoms with E-state index >= 15 is 0 Å². The molecule has 1 atom stereocenters. The van der Waals surface area contributed by atoms with Gasteiger partial charge in [0.25, 0.3) is 0 Å². The van der Waals surface area contributed by atoms with Crippen LogP contribution in [0, 0.1) is 11.8 Å². The van der Waals surface area contributed by atoms with Crippen LogP contribution < -0.4 is 0 Å². The molecule has 1 nitrogen and oxygen atoms in total. The van der Waals surface area contributed by atoms with Crippen LogP contribution in [0.1, 0.15) is 25.8 Å². The first-order chi connectivity index (χ1) is 8.15. The van der Waals surface area contributed by atoms with E-state index in [9.17, 15) is 4.79 Å². The standard InChI is InChI=1S/C15H20OS/c1-4-8-14(12(2)3)15(16)17-11-13-9-6-5-7-10-13/h4-7,9-10,12,14H,1,8,11H2,2-3H3/t14-/m0/s1. The van der Waals surface area contributed by atoms with Crippen LogP contribution in [0.5, 0.6) is 0 Å². The van der Waals surface area contributed by atoms with Crippen LogP contribution in [0.25, 0.3) is 0 Å². The highest BCUT2D eigenvalue weighted by atomic mass is 32.2. The maximum atomic E-state index is 12.1. The summed E-state index contributed by atoms with van der Waals surface area (Å²) in [6.45, 7) is 7.91. The van der Waals surface area contributed by atoms with E-state index in [1.54, 1.807) is 0 Å². The molecule has 0 aliphatic heterocycles. The van der Waals surface area contributed by atoms with Crippen molar-refractivity contribution in [1.82, 2.24) is 0 Å². The van der Waals surface area contributed by atoms with Crippen molar-refractivity contribution >= 4 is 16.9 Å². The van der Waals surface area contributed by atoms with Crippen molar-refractivity contribution in [3.05, 3.63) is 48.6 Å². The predicted octanol–water partition coefficient (Wildman–Crippen LogP) is 4.29. The van der Waals surface area contributed by atoms with Gasteiger partial charge >= 0.3 is 0 Å². The summed E-state index contributed by atoms with van der Waals surface area (Å²) in [5, 5.41) is 0.281. The van der Waals surface area contributed by atoms with E-state index in [2.05, 4.69) is 32.6 Å². The molecule has 0 saturated heterocycles. The maximum Gasteiger partial charge on any atom is 0.192 e. The van der Waals surface area contributed by atoms with E-state index in [1.165, 1.54) is 17.3 Å². The molecule has 0 unspecified atom stereocenters. The van der Waals surface area contributed by atoms with Crippen LogP contribution >= 0.6 is 11.8 Å². The van der Waals surface area contributed by atoms with Crippen molar-refractivity contribution in [3.8, 4) is 0 Å². The number of carbonyl (C=O) groups excluding carboxylic acids is 1. The molecule has 0 radical (unpaired) electrons. The minimum atomic E-state index is 0.0983. The molecule has 0 saturated carbocycles. The van der Waals surface area contributed by atoms with Gasteiger partial charge in [-0.25, -0.2) is 0 Å². The van der Waals surface area contributed by atoms with Crippen molar-refractivity contribution < 1.29 is 4.79 Å². The summed E-state index contributed by atoms with van der Waals surface area (Å²) in [5.74, 6) is 1.24. The fourth-order valence-corrected chi connectivity index (χ4v) is 2.74. The average molecular weight is 248 g/mol. The first-order valence-electron chi connectivity index (χ1n) is 5.96. The van der Waals surface area contributed by atoms with Crippen molar-refractivity contribution in [3.63, 3.8) is 0 Å². The molecule has 0 spiro atoms. The van der Waals surface area contributed by atoms with E-state index in [0.717, 1.165) is 12.2 Å². The van der Waals surface area contributed by atoms with Crippen LogP contribution in [0.4, 0.5) is 0 Å². The molecule has 92 valence electrons. The summed E-state index contributed by atoms with van der Waals surface area (Å²) in [5.41, 5.74) is 1.20. The number of hydrogen-bond donors (Lipinski definition) is 0. The molecule has 0 aliphatic rings. The summed E-state index contributed by atoms with van der Waals surface area (Å²) in [6.07, 6.45) is 2.62. The van der Waals surface area contributed by atoms with Crippen LogP contribution in [0.15, 0.2) is 43.0 Å². The van der Waals surface area contributed by atoms with Gasteiger partial charge < -0.3 is 0 Å². The molecular formula is C15H20OS. The summed E-state index contributed by atoms with van der Waals surface area (Å²) >= 11 is 1.42. The Morgan fingerprint density at radius 1 is 1.35 bits per heavy atom. The van der Waals surface area contributed by atoms with Gasteiger partial charge in [-0.05, 0) is 17.9 Å². The summed E-state index contributed by atoms with van der Waals surface area (Å²) in [7, 11) is 0. The third-order valence-corrected chi connectivity index (χ3v) is 3.82. The van der Waals surface area contributed by atoms with E-state index in [0.29, 0.717) is 5.92 Å². The topological polar surface area (TPSA) is 17.1 Å². The van der Waals surface area contributed by atoms with E-state index < -0.39 is 0 Å². The highest BCUT2D eigenvalue weighted by molar-refractivity contribution is 8.13. The van der Waals surface area contributed by atoms with E-state index in [1.807, 2.05) is 24.3 Å². The number of rotatable bonds is 6. The Morgan fingerprint density at radius 3 is 2.53 bits per heavy atom. The largest absolute Gasteiger partial charge is 0.287 e. The molecule has 0 N–H and O–H groups in total. The fourth-order valence-electron chi connectivity index (χ4n) is 1.66. The smallest absolute Gasteiger partial charge is 0.192 e. The zero-order valence-corrected chi connectivity index (χ0v) is 11.4. The van der Waals surface area contributed by atoms with Gasteiger partial charge in [0.2, 0.25) is 0 Å². The molecule has 17 heavy (non-hydrogen) atoms. The van der Waals surface area contributed by atoms with Crippen molar-refractivity contribution in [2.75, 3.05) is 0 Å². The van der Waals surface area contributed by atoms with Crippen molar-refractivity contribution in [2.45, 2.75) is 26.0 Å². The SMILES string of the molecule is C=CC[C@H](C(=O)SCc1ccccc1)C(C)C. The molecular weight excluding hydrogens is 228 g/mol. The van der Waals surface area contributed by atoms with Crippen molar-refractivity contribution in [2.24, 2.45) is 11.8 Å². The lowest BCUT2D eigenvalue weighted by Crippen LogP contribution is -2.16. The van der Waals surface area contributed by atoms with Gasteiger partial charge in [0, 0.05) is 11.7 Å². The zero-order chi connectivity index (χ0) is 12.7. The lowest BCUT2D eigenvalue weighted by Gasteiger charge is -2.17. The normalized spacial score (nSPS) is 12.4. The molecule has 0 heterocycles. The van der Waals surface area contributed by atoms with Gasteiger partial charge in [-0.2, -0.15) is 0 Å². The van der Waals surface area contributed by atoms with Crippen LogP contribution in [0.3, 0.4) is 0 Å². The van der Waals surface area contributed by atoms with Crippen LogP contribution in [-0.2, 0) is 10.5 Å². The number of hydrogen-bond acceptors (Lipinski definition) is 2. The lowest BCUT2D eigenvalue weighted by atomic mass is 9.94. The highest BCUT2D eigenvalue weighted by Gasteiger charge is 2.20. The van der Waals surface area contributed by atoms with Crippen LogP contribution in [0.2, 0.25) is 0 Å². The molecule has 1 aromatic rings. The second-order valence-electron chi connectivity index (χ2n) is 4.47. The Bertz CT molecular complexity index is 356. The first kappa shape index (κ1) is 14.0. The summed E-state index contributed by atoms with van der Waals surface area (Å²) < 4.78 is 0. The Labute approximate surface area is 108 Å². The van der Waals surface area contributed by atoms with Gasteiger partial charge in [-0.3, -0.25) is 4.79 Å². The molecule has 0 amide bonds. The van der Waals surface area contributed by atoms with E-state index in [4.69, 9.17) is 0 Å². The Kier molecular flexibility index (Phi) is 6.06. The molecule has 0 aliphatic carbocycles. The third-order valence-electron chi connectivity index (χ3n) is 2.75. The zero-order valence-electron chi connectivity index (χ0n) is 10.6. The molecule has 0 aromatic heterocycles. The molecule has 1 aromatic carbocycles. The monoisotopic (exact) mass is 248 g/mol. The second kappa shape index (κ2) is 7.33. The quantitative estimate of drug-likeness (QED) is 0.698. The first-order valence-corrected chi connectivity index (χ1v) is 6.95. The van der Waals surface area contributed by atoms with Crippen molar-refractivity contribution in [1.29, 1.82) is 0 Å². The molecule has 2 heteroatoms. The minimum absolute atomic E-state index is 0.0983. The Hall–Kier alpha value is -1.02. The van der Waals surface area contributed by atoms with Gasteiger partial charge in [-0.15, -0.1) is 6.58 Å². The predicted molar refractivity (Wildman–Crippen MR) is 75.9 cm³/mol. The Balaban J connectivity index is 2.50. The fraction of sp³-hybridized carbons (Fsp3) is 0.400. The summed E-state index contributed by atoms with van der Waals surface area (Å²) in [4.78, 5) is 12.1. The van der Waals surface area contributed by atoms with Gasteiger partial charge in [0.05, 0.1) is 0 Å². The molecule has 0 bridgehead atoms. The molecule has 0 fully saturated rings. The highest BCUT2D eigenvalue weighted by Crippen LogP contribution is 2.25. The third kappa shape index (κ3) is 4.78. The number of carbonyl (C=O) groups is 1. The second-order valence-corrected chi connectivity index (χ2v) is 5.45. The number of thioether (sulfide) groups is 1.